The number of anilines is 1. The monoisotopic (exact) mass is 314 g/mol. The lowest BCUT2D eigenvalue weighted by atomic mass is 10.1. The highest BCUT2D eigenvalue weighted by Crippen LogP contribution is 2.22. The van der Waals surface area contributed by atoms with Gasteiger partial charge in [0, 0.05) is 15.7 Å². The molecule has 0 aliphatic heterocycles. The van der Waals surface area contributed by atoms with Crippen molar-refractivity contribution in [3.63, 3.8) is 0 Å². The van der Waals surface area contributed by atoms with Gasteiger partial charge in [-0.25, -0.2) is 4.79 Å². The van der Waals surface area contributed by atoms with Crippen LogP contribution in [0.4, 0.5) is 5.69 Å². The second-order valence-corrected chi connectivity index (χ2v) is 4.22. The molecule has 7 heteroatoms. The van der Waals surface area contributed by atoms with Gasteiger partial charge < -0.3 is 15.2 Å². The van der Waals surface area contributed by atoms with Crippen LogP contribution < -0.4 is 5.32 Å². The molecule has 3 N–H and O–H groups in total. The molecule has 0 heterocycles. The minimum absolute atomic E-state index is 0.284. The maximum Gasteiger partial charge on any atom is 0.356 e. The van der Waals surface area contributed by atoms with Gasteiger partial charge >= 0.3 is 11.9 Å². The Bertz CT molecular complexity index is 502. The topological polar surface area (TPSA) is 99.5 Å². The van der Waals surface area contributed by atoms with Crippen molar-refractivity contribution in [1.82, 2.24) is 0 Å². The minimum atomic E-state index is -1.04. The molecule has 0 saturated heterocycles. The first-order valence-corrected chi connectivity index (χ1v) is 5.67. The number of nitrogens with one attached hydrogen (secondary N) is 2. The van der Waals surface area contributed by atoms with Crippen LogP contribution in [0.3, 0.4) is 0 Å². The molecule has 6 nitrogen and oxygen atoms in total. The van der Waals surface area contributed by atoms with E-state index in [1.54, 1.807) is 12.1 Å². The number of aliphatic carboxylic acids is 1. The summed E-state index contributed by atoms with van der Waals surface area (Å²) < 4.78 is 5.16. The minimum Gasteiger partial charge on any atom is -0.480 e. The third-order valence-corrected chi connectivity index (χ3v) is 2.56. The fourth-order valence-electron chi connectivity index (χ4n) is 1.26. The van der Waals surface area contributed by atoms with Crippen molar-refractivity contribution in [2.75, 3.05) is 19.0 Å². The summed E-state index contributed by atoms with van der Waals surface area (Å²) in [6, 6.07) is 4.78. The summed E-state index contributed by atoms with van der Waals surface area (Å²) in [7, 11) is 1.18. The van der Waals surface area contributed by atoms with Gasteiger partial charge in [-0.3, -0.25) is 10.2 Å². The number of carbonyl (C=O) groups is 2. The summed E-state index contributed by atoms with van der Waals surface area (Å²) in [5, 5.41) is 18.9. The molecule has 0 fully saturated rings. The highest BCUT2D eigenvalue weighted by Gasteiger charge is 2.16. The molecule has 1 aromatic rings. The largest absolute Gasteiger partial charge is 0.480 e. The number of hydrogen-bond acceptors (Lipinski definition) is 5. The van der Waals surface area contributed by atoms with E-state index in [0.29, 0.717) is 10.2 Å². The van der Waals surface area contributed by atoms with Crippen molar-refractivity contribution in [2.24, 2.45) is 0 Å². The fourth-order valence-corrected chi connectivity index (χ4v) is 1.62. The zero-order valence-electron chi connectivity index (χ0n) is 9.49. The van der Waals surface area contributed by atoms with Crippen molar-refractivity contribution in [1.29, 1.82) is 5.41 Å². The molecule has 0 aliphatic carbocycles. The first-order chi connectivity index (χ1) is 8.45. The molecule has 96 valence electrons. The van der Waals surface area contributed by atoms with Crippen molar-refractivity contribution < 1.29 is 19.4 Å². The zero-order chi connectivity index (χ0) is 13.7. The predicted molar refractivity (Wildman–Crippen MR) is 69.1 cm³/mol. The standard InChI is InChI=1S/C11H11BrN2O4/c1-18-11(17)10(13)7-3-2-6(12)4-8(7)14-5-9(15)16/h2-4,13-14H,5H2,1H3,(H,15,16). The number of carbonyl (C=O) groups excluding carboxylic acids is 1. The second kappa shape index (κ2) is 6.15. The lowest BCUT2D eigenvalue weighted by Crippen LogP contribution is -2.19. The summed E-state index contributed by atoms with van der Waals surface area (Å²) in [6.07, 6.45) is 0. The van der Waals surface area contributed by atoms with E-state index in [1.165, 1.54) is 13.2 Å². The van der Waals surface area contributed by atoms with Crippen LogP contribution in [0, 0.1) is 5.41 Å². The molecular formula is C11H11BrN2O4. The second-order valence-electron chi connectivity index (χ2n) is 3.30. The number of carboxylic acids is 1. The molecule has 0 radical (unpaired) electrons. The maximum absolute atomic E-state index is 11.3. The first-order valence-electron chi connectivity index (χ1n) is 4.88. The van der Waals surface area contributed by atoms with E-state index < -0.39 is 11.9 Å². The molecule has 0 saturated carbocycles. The van der Waals surface area contributed by atoms with Crippen LogP contribution >= 0.6 is 15.9 Å². The molecule has 1 rings (SSSR count). The summed E-state index contributed by atoms with van der Waals surface area (Å²) >= 11 is 3.23. The molecule has 0 aliphatic rings. The Balaban J connectivity index is 3.06. The average molecular weight is 315 g/mol. The van der Waals surface area contributed by atoms with E-state index in [0.717, 1.165) is 0 Å². The van der Waals surface area contributed by atoms with Crippen LogP contribution in [0.2, 0.25) is 0 Å². The first kappa shape index (κ1) is 14.2. The lowest BCUT2D eigenvalue weighted by molar-refractivity contribution is -0.135. The molecule has 18 heavy (non-hydrogen) atoms. The lowest BCUT2D eigenvalue weighted by Gasteiger charge is -2.11. The highest BCUT2D eigenvalue weighted by molar-refractivity contribution is 9.10. The number of methoxy groups -OCH3 is 1. The molecule has 1 aromatic carbocycles. The van der Waals surface area contributed by atoms with Gasteiger partial charge in [-0.1, -0.05) is 15.9 Å². The molecule has 0 bridgehead atoms. The Kier molecular flexibility index (Phi) is 4.85. The van der Waals surface area contributed by atoms with Gasteiger partial charge in [-0.15, -0.1) is 0 Å². The molecule has 0 unspecified atom stereocenters. The molecular weight excluding hydrogens is 304 g/mol. The van der Waals surface area contributed by atoms with Crippen molar-refractivity contribution in [3.05, 3.63) is 28.2 Å². The smallest absolute Gasteiger partial charge is 0.356 e. The van der Waals surface area contributed by atoms with Crippen molar-refractivity contribution in [3.8, 4) is 0 Å². The van der Waals surface area contributed by atoms with Crippen LogP contribution in [0.5, 0.6) is 0 Å². The van der Waals surface area contributed by atoms with Gasteiger partial charge in [0.15, 0.2) is 0 Å². The average Bonchev–Trinajstić information content (AvgIpc) is 2.34. The van der Waals surface area contributed by atoms with Gasteiger partial charge in [0.05, 0.1) is 7.11 Å². The Labute approximate surface area is 112 Å². The predicted octanol–water partition coefficient (Wildman–Crippen LogP) is 1.49. The summed E-state index contributed by atoms with van der Waals surface area (Å²) in [5.41, 5.74) is 0.325. The number of benzene rings is 1. The van der Waals surface area contributed by atoms with E-state index in [-0.39, 0.29) is 17.8 Å². The Morgan fingerprint density at radius 3 is 2.72 bits per heavy atom. The summed E-state index contributed by atoms with van der Waals surface area (Å²) in [5.74, 6) is -1.82. The van der Waals surface area contributed by atoms with Gasteiger partial charge in [0.2, 0.25) is 0 Å². The number of halogens is 1. The van der Waals surface area contributed by atoms with E-state index in [1.807, 2.05) is 0 Å². The maximum atomic E-state index is 11.3. The Morgan fingerprint density at radius 2 is 2.17 bits per heavy atom. The number of hydrogen-bond donors (Lipinski definition) is 3. The normalized spacial score (nSPS) is 9.67. The molecule has 0 atom stereocenters. The molecule has 0 aromatic heterocycles. The number of esters is 1. The van der Waals surface area contributed by atoms with Gasteiger partial charge in [-0.2, -0.15) is 0 Å². The third kappa shape index (κ3) is 3.56. The number of rotatable bonds is 5. The van der Waals surface area contributed by atoms with Gasteiger partial charge in [-0.05, 0) is 18.2 Å². The van der Waals surface area contributed by atoms with E-state index in [2.05, 4.69) is 26.0 Å². The quantitative estimate of drug-likeness (QED) is 0.565. The summed E-state index contributed by atoms with van der Waals surface area (Å²) in [6.45, 7) is -0.308. The van der Waals surface area contributed by atoms with Crippen LogP contribution in [-0.4, -0.2) is 36.4 Å². The van der Waals surface area contributed by atoms with Gasteiger partial charge in [0.25, 0.3) is 0 Å². The van der Waals surface area contributed by atoms with Crippen molar-refractivity contribution in [2.45, 2.75) is 0 Å². The van der Waals surface area contributed by atoms with Crippen LogP contribution in [-0.2, 0) is 14.3 Å². The highest BCUT2D eigenvalue weighted by atomic mass is 79.9. The Hall–Kier alpha value is -1.89. The number of ether oxygens (including phenoxy) is 1. The van der Waals surface area contributed by atoms with Gasteiger partial charge in [0.1, 0.15) is 12.3 Å². The van der Waals surface area contributed by atoms with Crippen LogP contribution in [0.25, 0.3) is 0 Å². The fraction of sp³-hybridized carbons (Fsp3) is 0.182. The van der Waals surface area contributed by atoms with Crippen LogP contribution in [0.1, 0.15) is 5.56 Å². The summed E-state index contributed by atoms with van der Waals surface area (Å²) in [4.78, 5) is 21.8. The number of carboxylic acid groups (broad SMARTS) is 1. The zero-order valence-corrected chi connectivity index (χ0v) is 11.1. The van der Waals surface area contributed by atoms with E-state index >= 15 is 0 Å². The molecule has 0 amide bonds. The van der Waals surface area contributed by atoms with E-state index in [4.69, 9.17) is 10.5 Å². The Morgan fingerprint density at radius 1 is 1.50 bits per heavy atom. The van der Waals surface area contributed by atoms with Crippen molar-refractivity contribution >= 4 is 39.3 Å². The molecule has 0 spiro atoms. The van der Waals surface area contributed by atoms with Crippen LogP contribution in [0.15, 0.2) is 22.7 Å². The van der Waals surface area contributed by atoms with E-state index in [9.17, 15) is 9.59 Å². The third-order valence-electron chi connectivity index (χ3n) is 2.07. The SMILES string of the molecule is COC(=O)C(=N)c1ccc(Br)cc1NCC(=O)O.